The van der Waals surface area contributed by atoms with E-state index in [0.29, 0.717) is 16.7 Å². The van der Waals surface area contributed by atoms with Gasteiger partial charge in [-0.1, -0.05) is 17.7 Å². The molecule has 0 aliphatic carbocycles. The van der Waals surface area contributed by atoms with Crippen LogP contribution in [0, 0.1) is 12.8 Å². The Kier molecular flexibility index (Phi) is 5.88. The Morgan fingerprint density at radius 2 is 2.33 bits per heavy atom. The number of nitrogens with one attached hydrogen (secondary N) is 1. The first-order valence-electron chi connectivity index (χ1n) is 7.42. The van der Waals surface area contributed by atoms with Crippen LogP contribution in [0.1, 0.15) is 18.4 Å². The maximum absolute atomic E-state index is 12.3. The molecule has 1 aromatic carbocycles. The molecule has 4 nitrogen and oxygen atoms in total. The van der Waals surface area contributed by atoms with Gasteiger partial charge in [0.2, 0.25) is 0 Å². The molecule has 0 aromatic heterocycles. The molecule has 1 aromatic rings. The number of hydrogen-bond acceptors (Lipinski definition) is 3. The molecule has 0 bridgehead atoms. The van der Waals surface area contributed by atoms with Crippen LogP contribution >= 0.6 is 11.6 Å². The molecular formula is C16H23ClN2O2. The van der Waals surface area contributed by atoms with Crippen molar-refractivity contribution in [2.75, 3.05) is 33.3 Å². The van der Waals surface area contributed by atoms with Crippen molar-refractivity contribution in [2.45, 2.75) is 19.8 Å². The Morgan fingerprint density at radius 3 is 3.10 bits per heavy atom. The van der Waals surface area contributed by atoms with Crippen LogP contribution in [0.4, 0.5) is 0 Å². The first kappa shape index (κ1) is 16.1. The summed E-state index contributed by atoms with van der Waals surface area (Å²) in [4.78, 5) is 14.2. The molecule has 1 unspecified atom stereocenters. The number of halogens is 1. The van der Waals surface area contributed by atoms with E-state index >= 15 is 0 Å². The van der Waals surface area contributed by atoms with E-state index in [1.54, 1.807) is 0 Å². The van der Waals surface area contributed by atoms with Crippen LogP contribution in [-0.2, 0) is 4.79 Å². The normalized spacial score (nSPS) is 18.6. The highest BCUT2D eigenvalue weighted by molar-refractivity contribution is 6.31. The van der Waals surface area contributed by atoms with Crippen molar-refractivity contribution in [3.63, 3.8) is 0 Å². The van der Waals surface area contributed by atoms with Crippen LogP contribution in [0.5, 0.6) is 5.75 Å². The van der Waals surface area contributed by atoms with Crippen molar-refractivity contribution >= 4 is 17.5 Å². The fourth-order valence-corrected chi connectivity index (χ4v) is 2.89. The first-order valence-corrected chi connectivity index (χ1v) is 7.80. The molecule has 0 radical (unpaired) electrons. The van der Waals surface area contributed by atoms with Crippen LogP contribution in [0.25, 0.3) is 0 Å². The number of hydrogen-bond donors (Lipinski definition) is 1. The summed E-state index contributed by atoms with van der Waals surface area (Å²) in [7, 11) is 1.95. The molecule has 1 aliphatic heterocycles. The number of amides is 1. The second-order valence-corrected chi connectivity index (χ2v) is 5.96. The monoisotopic (exact) mass is 310 g/mol. The minimum absolute atomic E-state index is 0.0511. The Bertz CT molecular complexity index is 491. The van der Waals surface area contributed by atoms with Gasteiger partial charge >= 0.3 is 0 Å². The van der Waals surface area contributed by atoms with Gasteiger partial charge in [-0.15, -0.1) is 0 Å². The number of nitrogens with zero attached hydrogens (tertiary/aromatic N) is 1. The summed E-state index contributed by atoms with van der Waals surface area (Å²) in [5.41, 5.74) is 0.874. The van der Waals surface area contributed by atoms with E-state index in [0.717, 1.165) is 31.6 Å². The maximum Gasteiger partial charge on any atom is 0.260 e. The zero-order valence-electron chi connectivity index (χ0n) is 12.7. The van der Waals surface area contributed by atoms with Crippen molar-refractivity contribution in [1.82, 2.24) is 10.2 Å². The predicted octanol–water partition coefficient (Wildman–Crippen LogP) is 2.49. The van der Waals surface area contributed by atoms with E-state index in [9.17, 15) is 4.79 Å². The Balaban J connectivity index is 1.88. The standard InChI is InChI=1S/C16H23ClN2O2/c1-12-14(17)6-3-7-15(12)21-11-16(20)19-8-4-5-13(10-19)9-18-2/h3,6-7,13,18H,4-5,8-11H2,1-2H3. The fraction of sp³-hybridized carbons (Fsp3) is 0.562. The number of benzene rings is 1. The average Bonchev–Trinajstić information content (AvgIpc) is 2.49. The zero-order valence-corrected chi connectivity index (χ0v) is 13.4. The van der Waals surface area contributed by atoms with Gasteiger partial charge in [-0.2, -0.15) is 0 Å². The van der Waals surface area contributed by atoms with Gasteiger partial charge in [0.25, 0.3) is 5.91 Å². The zero-order chi connectivity index (χ0) is 15.2. The fourth-order valence-electron chi connectivity index (χ4n) is 2.72. The smallest absolute Gasteiger partial charge is 0.260 e. The molecule has 0 saturated carbocycles. The SMILES string of the molecule is CNCC1CCCN(C(=O)COc2cccc(Cl)c2C)C1. The molecule has 1 atom stereocenters. The molecule has 116 valence electrons. The minimum Gasteiger partial charge on any atom is -0.483 e. The van der Waals surface area contributed by atoms with Crippen molar-refractivity contribution in [2.24, 2.45) is 5.92 Å². The van der Waals surface area contributed by atoms with E-state index in [2.05, 4.69) is 5.32 Å². The summed E-state index contributed by atoms with van der Waals surface area (Å²) >= 11 is 6.05. The lowest BCUT2D eigenvalue weighted by molar-refractivity contribution is -0.135. The second-order valence-electron chi connectivity index (χ2n) is 5.56. The Labute approximate surface area is 131 Å². The van der Waals surface area contributed by atoms with Crippen molar-refractivity contribution in [1.29, 1.82) is 0 Å². The second kappa shape index (κ2) is 7.66. The number of likely N-dealkylation sites (tertiary alicyclic amines) is 1. The lowest BCUT2D eigenvalue weighted by Crippen LogP contribution is -2.44. The number of rotatable bonds is 5. The molecule has 1 N–H and O–H groups in total. The van der Waals surface area contributed by atoms with Crippen molar-refractivity contribution in [3.8, 4) is 5.75 Å². The predicted molar refractivity (Wildman–Crippen MR) is 84.9 cm³/mol. The van der Waals surface area contributed by atoms with Gasteiger partial charge in [0, 0.05) is 23.7 Å². The lowest BCUT2D eigenvalue weighted by Gasteiger charge is -2.32. The van der Waals surface area contributed by atoms with Gasteiger partial charge in [-0.3, -0.25) is 4.79 Å². The van der Waals surface area contributed by atoms with Crippen LogP contribution in [0.15, 0.2) is 18.2 Å². The summed E-state index contributed by atoms with van der Waals surface area (Å²) in [6.07, 6.45) is 2.24. The van der Waals surface area contributed by atoms with Gasteiger partial charge in [0.1, 0.15) is 5.75 Å². The third kappa shape index (κ3) is 4.35. The van der Waals surface area contributed by atoms with Gasteiger partial charge in [0.05, 0.1) is 0 Å². The molecule has 1 amide bonds. The Hall–Kier alpha value is -1.26. The quantitative estimate of drug-likeness (QED) is 0.908. The molecular weight excluding hydrogens is 288 g/mol. The third-order valence-corrected chi connectivity index (χ3v) is 4.34. The van der Waals surface area contributed by atoms with Gasteiger partial charge in [0.15, 0.2) is 6.61 Å². The molecule has 2 rings (SSSR count). The highest BCUT2D eigenvalue weighted by atomic mass is 35.5. The highest BCUT2D eigenvalue weighted by Crippen LogP contribution is 2.25. The molecule has 1 fully saturated rings. The summed E-state index contributed by atoms with van der Waals surface area (Å²) < 4.78 is 5.64. The van der Waals surface area contributed by atoms with Crippen LogP contribution < -0.4 is 10.1 Å². The van der Waals surface area contributed by atoms with E-state index in [4.69, 9.17) is 16.3 Å². The number of carbonyl (C=O) groups is 1. The molecule has 0 spiro atoms. The van der Waals surface area contributed by atoms with E-state index < -0.39 is 0 Å². The van der Waals surface area contributed by atoms with Gasteiger partial charge in [-0.25, -0.2) is 0 Å². The third-order valence-electron chi connectivity index (χ3n) is 3.93. The molecule has 1 aliphatic rings. The molecule has 21 heavy (non-hydrogen) atoms. The van der Waals surface area contributed by atoms with Crippen LogP contribution in [0.3, 0.4) is 0 Å². The Morgan fingerprint density at radius 1 is 1.52 bits per heavy atom. The van der Waals surface area contributed by atoms with E-state index in [1.807, 2.05) is 37.1 Å². The minimum atomic E-state index is 0.0511. The van der Waals surface area contributed by atoms with E-state index in [-0.39, 0.29) is 12.5 Å². The van der Waals surface area contributed by atoms with Crippen molar-refractivity contribution < 1.29 is 9.53 Å². The lowest BCUT2D eigenvalue weighted by atomic mass is 9.98. The van der Waals surface area contributed by atoms with Crippen molar-refractivity contribution in [3.05, 3.63) is 28.8 Å². The maximum atomic E-state index is 12.3. The first-order chi connectivity index (χ1) is 10.1. The number of carbonyl (C=O) groups excluding carboxylic acids is 1. The van der Waals surface area contributed by atoms with Crippen LogP contribution in [0.2, 0.25) is 5.02 Å². The topological polar surface area (TPSA) is 41.6 Å². The summed E-state index contributed by atoms with van der Waals surface area (Å²) in [6, 6.07) is 5.49. The number of piperidine rings is 1. The highest BCUT2D eigenvalue weighted by Gasteiger charge is 2.23. The summed E-state index contributed by atoms with van der Waals surface area (Å²) in [5.74, 6) is 1.27. The van der Waals surface area contributed by atoms with Gasteiger partial charge in [-0.05, 0) is 51.4 Å². The summed E-state index contributed by atoms with van der Waals surface area (Å²) in [6.45, 7) is 4.58. The molecule has 1 heterocycles. The summed E-state index contributed by atoms with van der Waals surface area (Å²) in [5, 5.41) is 3.84. The van der Waals surface area contributed by atoms with E-state index in [1.165, 1.54) is 6.42 Å². The largest absolute Gasteiger partial charge is 0.483 e. The van der Waals surface area contributed by atoms with Crippen LogP contribution in [-0.4, -0.2) is 44.1 Å². The molecule has 5 heteroatoms. The average molecular weight is 311 g/mol. The number of ether oxygens (including phenoxy) is 1. The van der Waals surface area contributed by atoms with Gasteiger partial charge < -0.3 is 15.0 Å². The molecule has 1 saturated heterocycles.